The smallest absolute Gasteiger partial charge is 0.261 e. The molecule has 6 nitrogen and oxygen atoms in total. The van der Waals surface area contributed by atoms with Gasteiger partial charge in [0.25, 0.3) is 5.91 Å². The monoisotopic (exact) mass is 412 g/mol. The van der Waals surface area contributed by atoms with Gasteiger partial charge in [-0.25, -0.2) is 4.98 Å². The normalized spacial score (nSPS) is 17.6. The molecule has 154 valence electrons. The number of H-pyrrole nitrogens is 1. The van der Waals surface area contributed by atoms with Gasteiger partial charge in [-0.2, -0.15) is 0 Å². The Labute approximate surface area is 175 Å². The standard InChI is InChI=1S/C22H28N4O2S/c1-28-13-11-25-22(27)21-18(17-7-2-3-8-19(17)29-21)14-16-6-4-5-12-26(16)15-20-23-9-10-24-20/h2-3,7-10,16H,4-6,11-15H2,1H3,(H,23,24)(H,25,27)/t16-/m1/s1. The molecule has 2 N–H and O–H groups in total. The second kappa shape index (κ2) is 9.52. The number of piperidine rings is 1. The Morgan fingerprint density at radius 3 is 3.10 bits per heavy atom. The average Bonchev–Trinajstić information content (AvgIpc) is 3.38. The highest BCUT2D eigenvalue weighted by Gasteiger charge is 2.27. The van der Waals surface area contributed by atoms with Crippen molar-refractivity contribution in [3.05, 3.63) is 52.9 Å². The summed E-state index contributed by atoms with van der Waals surface area (Å²) in [7, 11) is 1.65. The van der Waals surface area contributed by atoms with Crippen LogP contribution in [-0.2, 0) is 17.7 Å². The van der Waals surface area contributed by atoms with Gasteiger partial charge >= 0.3 is 0 Å². The van der Waals surface area contributed by atoms with Crippen molar-refractivity contribution < 1.29 is 9.53 Å². The first-order valence-corrected chi connectivity index (χ1v) is 11.1. The van der Waals surface area contributed by atoms with E-state index in [2.05, 4.69) is 38.4 Å². The molecule has 1 aromatic carbocycles. The number of amides is 1. The van der Waals surface area contributed by atoms with Crippen LogP contribution >= 0.6 is 11.3 Å². The van der Waals surface area contributed by atoms with E-state index in [0.717, 1.165) is 36.6 Å². The van der Waals surface area contributed by atoms with Gasteiger partial charge in [-0.05, 0) is 42.8 Å². The Hall–Kier alpha value is -2.22. The number of hydrogen-bond acceptors (Lipinski definition) is 5. The van der Waals surface area contributed by atoms with Crippen LogP contribution in [0.2, 0.25) is 0 Å². The second-order valence-corrected chi connectivity index (χ2v) is 8.57. The molecule has 0 unspecified atom stereocenters. The van der Waals surface area contributed by atoms with Gasteiger partial charge < -0.3 is 15.0 Å². The van der Waals surface area contributed by atoms with E-state index in [0.29, 0.717) is 19.2 Å². The number of ether oxygens (including phenoxy) is 1. The maximum atomic E-state index is 12.9. The second-order valence-electron chi connectivity index (χ2n) is 7.51. The highest BCUT2D eigenvalue weighted by Crippen LogP contribution is 2.34. The fourth-order valence-electron chi connectivity index (χ4n) is 4.14. The fourth-order valence-corrected chi connectivity index (χ4v) is 5.29. The van der Waals surface area contributed by atoms with Crippen LogP contribution in [0.1, 0.15) is 40.3 Å². The minimum Gasteiger partial charge on any atom is -0.383 e. The van der Waals surface area contributed by atoms with Crippen LogP contribution in [0.4, 0.5) is 0 Å². The number of carbonyl (C=O) groups is 1. The third-order valence-electron chi connectivity index (χ3n) is 5.59. The van der Waals surface area contributed by atoms with E-state index in [9.17, 15) is 4.79 Å². The molecule has 1 aliphatic heterocycles. The van der Waals surface area contributed by atoms with Crippen molar-refractivity contribution in [2.45, 2.75) is 38.3 Å². The minimum absolute atomic E-state index is 0.00615. The van der Waals surface area contributed by atoms with Crippen molar-refractivity contribution in [2.75, 3.05) is 26.8 Å². The number of aromatic amines is 1. The van der Waals surface area contributed by atoms with E-state index in [1.807, 2.05) is 18.5 Å². The Morgan fingerprint density at radius 1 is 1.38 bits per heavy atom. The molecule has 7 heteroatoms. The molecule has 1 aliphatic rings. The highest BCUT2D eigenvalue weighted by molar-refractivity contribution is 7.21. The Morgan fingerprint density at radius 2 is 2.28 bits per heavy atom. The lowest BCUT2D eigenvalue weighted by molar-refractivity contribution is 0.0938. The number of hydrogen-bond donors (Lipinski definition) is 2. The first-order valence-electron chi connectivity index (χ1n) is 10.3. The van der Waals surface area contributed by atoms with Crippen LogP contribution in [0.3, 0.4) is 0 Å². The van der Waals surface area contributed by atoms with Gasteiger partial charge in [-0.3, -0.25) is 9.69 Å². The van der Waals surface area contributed by atoms with Crippen LogP contribution < -0.4 is 5.32 Å². The largest absolute Gasteiger partial charge is 0.383 e. The van der Waals surface area contributed by atoms with E-state index in [-0.39, 0.29) is 5.91 Å². The number of thiophene rings is 1. The summed E-state index contributed by atoms with van der Waals surface area (Å²) < 4.78 is 6.25. The van der Waals surface area contributed by atoms with Crippen LogP contribution in [0, 0.1) is 0 Å². The third-order valence-corrected chi connectivity index (χ3v) is 6.80. The van der Waals surface area contributed by atoms with E-state index < -0.39 is 0 Å². The van der Waals surface area contributed by atoms with Crippen molar-refractivity contribution >= 4 is 27.3 Å². The number of nitrogens with one attached hydrogen (secondary N) is 2. The van der Waals surface area contributed by atoms with Crippen molar-refractivity contribution in [2.24, 2.45) is 0 Å². The van der Waals surface area contributed by atoms with Gasteiger partial charge in [0.1, 0.15) is 5.82 Å². The molecule has 29 heavy (non-hydrogen) atoms. The number of imidazole rings is 1. The van der Waals surface area contributed by atoms with Gasteiger partial charge in [-0.15, -0.1) is 11.3 Å². The SMILES string of the molecule is COCCNC(=O)c1sc2ccccc2c1C[C@H]1CCCCN1Cc1ncc[nH]1. The number of rotatable bonds is 8. The van der Waals surface area contributed by atoms with E-state index in [1.165, 1.54) is 28.5 Å². The molecule has 0 aliphatic carbocycles. The number of benzene rings is 1. The topological polar surface area (TPSA) is 70.2 Å². The summed E-state index contributed by atoms with van der Waals surface area (Å²) in [4.78, 5) is 23.9. The summed E-state index contributed by atoms with van der Waals surface area (Å²) in [6, 6.07) is 8.77. The average molecular weight is 413 g/mol. The lowest BCUT2D eigenvalue weighted by Crippen LogP contribution is -2.40. The number of fused-ring (bicyclic) bond motifs is 1. The Bertz CT molecular complexity index is 938. The summed E-state index contributed by atoms with van der Waals surface area (Å²) in [5.74, 6) is 1.01. The van der Waals surface area contributed by atoms with E-state index in [4.69, 9.17) is 4.74 Å². The fraction of sp³-hybridized carbons (Fsp3) is 0.455. The summed E-state index contributed by atoms with van der Waals surface area (Å²) in [5.41, 5.74) is 1.18. The number of nitrogens with zero attached hydrogens (tertiary/aromatic N) is 2. The van der Waals surface area contributed by atoms with E-state index in [1.54, 1.807) is 18.4 Å². The quantitative estimate of drug-likeness (QED) is 0.555. The van der Waals surface area contributed by atoms with Gasteiger partial charge in [0, 0.05) is 36.8 Å². The molecular weight excluding hydrogens is 384 g/mol. The van der Waals surface area contributed by atoms with Crippen LogP contribution in [-0.4, -0.2) is 53.6 Å². The molecule has 1 fully saturated rings. The van der Waals surface area contributed by atoms with Gasteiger partial charge in [0.15, 0.2) is 0 Å². The summed E-state index contributed by atoms with van der Waals surface area (Å²) in [6.45, 7) is 2.94. The molecule has 0 spiro atoms. The highest BCUT2D eigenvalue weighted by atomic mass is 32.1. The number of methoxy groups -OCH3 is 1. The number of aromatic nitrogens is 2. The zero-order valence-corrected chi connectivity index (χ0v) is 17.6. The minimum atomic E-state index is 0.00615. The first-order chi connectivity index (χ1) is 14.3. The van der Waals surface area contributed by atoms with Crippen molar-refractivity contribution in [3.63, 3.8) is 0 Å². The van der Waals surface area contributed by atoms with Crippen molar-refractivity contribution in [1.29, 1.82) is 0 Å². The molecule has 4 rings (SSSR count). The molecule has 0 saturated carbocycles. The van der Waals surface area contributed by atoms with Gasteiger partial charge in [0.05, 0.1) is 18.0 Å². The zero-order chi connectivity index (χ0) is 20.1. The predicted molar refractivity (Wildman–Crippen MR) is 116 cm³/mol. The Balaban J connectivity index is 1.59. The molecule has 1 amide bonds. The molecule has 3 heterocycles. The summed E-state index contributed by atoms with van der Waals surface area (Å²) in [5, 5.41) is 4.21. The molecule has 1 saturated heterocycles. The van der Waals surface area contributed by atoms with Crippen molar-refractivity contribution in [1.82, 2.24) is 20.2 Å². The van der Waals surface area contributed by atoms with Gasteiger partial charge in [-0.1, -0.05) is 24.6 Å². The molecule has 3 aromatic rings. The molecule has 0 bridgehead atoms. The van der Waals surface area contributed by atoms with Crippen LogP contribution in [0.5, 0.6) is 0 Å². The lowest BCUT2D eigenvalue weighted by atomic mass is 9.94. The maximum Gasteiger partial charge on any atom is 0.261 e. The third kappa shape index (κ3) is 4.69. The molecule has 1 atom stereocenters. The first kappa shape index (κ1) is 20.1. The zero-order valence-electron chi connectivity index (χ0n) is 16.8. The van der Waals surface area contributed by atoms with Crippen LogP contribution in [0.25, 0.3) is 10.1 Å². The van der Waals surface area contributed by atoms with Crippen LogP contribution in [0.15, 0.2) is 36.7 Å². The predicted octanol–water partition coefficient (Wildman–Crippen LogP) is 3.60. The summed E-state index contributed by atoms with van der Waals surface area (Å²) >= 11 is 1.60. The lowest BCUT2D eigenvalue weighted by Gasteiger charge is -2.35. The molecule has 0 radical (unpaired) electrons. The number of likely N-dealkylation sites (tertiary alicyclic amines) is 1. The van der Waals surface area contributed by atoms with Crippen molar-refractivity contribution in [3.8, 4) is 0 Å². The maximum absolute atomic E-state index is 12.9. The van der Waals surface area contributed by atoms with Gasteiger partial charge in [0.2, 0.25) is 0 Å². The molecule has 2 aromatic heterocycles. The Kier molecular flexibility index (Phi) is 6.59. The number of carbonyl (C=O) groups excluding carboxylic acids is 1. The van der Waals surface area contributed by atoms with E-state index >= 15 is 0 Å². The molecular formula is C22H28N4O2S. The summed E-state index contributed by atoms with van der Waals surface area (Å²) in [6.07, 6.45) is 8.17.